The Kier molecular flexibility index (Phi) is 1.59. The van der Waals surface area contributed by atoms with E-state index in [1.54, 1.807) is 24.7 Å². The van der Waals surface area contributed by atoms with Crippen molar-refractivity contribution < 1.29 is 4.39 Å². The lowest BCUT2D eigenvalue weighted by Crippen LogP contribution is -1.82. The first-order chi connectivity index (χ1) is 5.88. The molecule has 0 aliphatic rings. The molecule has 2 aromatic rings. The molecule has 4 heteroatoms. The van der Waals surface area contributed by atoms with Gasteiger partial charge < -0.3 is 0 Å². The van der Waals surface area contributed by atoms with Crippen LogP contribution >= 0.6 is 0 Å². The van der Waals surface area contributed by atoms with Crippen LogP contribution in [0.2, 0.25) is 0 Å². The molecule has 2 heterocycles. The third-order valence-corrected chi connectivity index (χ3v) is 1.58. The number of nitrogens with one attached hydrogen (secondary N) is 1. The van der Waals surface area contributed by atoms with Gasteiger partial charge in [0.05, 0.1) is 12.4 Å². The second-order valence-corrected chi connectivity index (χ2v) is 2.34. The SMILES string of the molecule is Fc1cnccc1-c1cn[nH]c1. The van der Waals surface area contributed by atoms with Crippen LogP contribution in [0.1, 0.15) is 0 Å². The Morgan fingerprint density at radius 2 is 2.25 bits per heavy atom. The Hall–Kier alpha value is -1.71. The van der Waals surface area contributed by atoms with E-state index in [1.807, 2.05) is 0 Å². The lowest BCUT2D eigenvalue weighted by molar-refractivity contribution is 0.625. The summed E-state index contributed by atoms with van der Waals surface area (Å²) in [5, 5.41) is 6.35. The zero-order valence-electron chi connectivity index (χ0n) is 6.16. The van der Waals surface area contributed by atoms with Gasteiger partial charge in [-0.05, 0) is 6.07 Å². The van der Waals surface area contributed by atoms with E-state index < -0.39 is 0 Å². The number of hydrogen-bond donors (Lipinski definition) is 1. The molecule has 0 radical (unpaired) electrons. The van der Waals surface area contributed by atoms with Gasteiger partial charge in [-0.2, -0.15) is 5.10 Å². The smallest absolute Gasteiger partial charge is 0.149 e. The number of halogens is 1. The zero-order chi connectivity index (χ0) is 8.39. The third-order valence-electron chi connectivity index (χ3n) is 1.58. The highest BCUT2D eigenvalue weighted by atomic mass is 19.1. The molecule has 0 spiro atoms. The van der Waals surface area contributed by atoms with Gasteiger partial charge in [0.25, 0.3) is 0 Å². The van der Waals surface area contributed by atoms with E-state index >= 15 is 0 Å². The van der Waals surface area contributed by atoms with Gasteiger partial charge in [-0.25, -0.2) is 4.39 Å². The van der Waals surface area contributed by atoms with Gasteiger partial charge >= 0.3 is 0 Å². The number of nitrogens with zero attached hydrogens (tertiary/aromatic N) is 2. The summed E-state index contributed by atoms with van der Waals surface area (Å²) in [6, 6.07) is 1.61. The van der Waals surface area contributed by atoms with E-state index in [0.29, 0.717) is 5.56 Å². The first kappa shape index (κ1) is 6.97. The molecule has 2 rings (SSSR count). The molecule has 0 fully saturated rings. The molecule has 0 aliphatic heterocycles. The van der Waals surface area contributed by atoms with Gasteiger partial charge in [-0.3, -0.25) is 10.1 Å². The summed E-state index contributed by atoms with van der Waals surface area (Å²) in [6.45, 7) is 0. The number of pyridine rings is 1. The molecular formula is C8H6FN3. The van der Waals surface area contributed by atoms with Crippen molar-refractivity contribution in [1.29, 1.82) is 0 Å². The number of aromatic nitrogens is 3. The quantitative estimate of drug-likeness (QED) is 0.693. The molecule has 0 aliphatic carbocycles. The first-order valence-electron chi connectivity index (χ1n) is 3.46. The van der Waals surface area contributed by atoms with Crippen molar-refractivity contribution in [2.45, 2.75) is 0 Å². The molecule has 0 saturated heterocycles. The highest BCUT2D eigenvalue weighted by molar-refractivity contribution is 5.61. The summed E-state index contributed by atoms with van der Waals surface area (Å²) in [4.78, 5) is 3.65. The monoisotopic (exact) mass is 163 g/mol. The van der Waals surface area contributed by atoms with Crippen molar-refractivity contribution in [3.05, 3.63) is 36.7 Å². The molecule has 2 aromatic heterocycles. The van der Waals surface area contributed by atoms with Crippen molar-refractivity contribution in [2.75, 3.05) is 0 Å². The van der Waals surface area contributed by atoms with Gasteiger partial charge in [-0.1, -0.05) is 0 Å². The van der Waals surface area contributed by atoms with Gasteiger partial charge in [0.2, 0.25) is 0 Å². The maximum atomic E-state index is 13.0. The Bertz CT molecular complexity index is 370. The summed E-state index contributed by atoms with van der Waals surface area (Å²) >= 11 is 0. The average Bonchev–Trinajstić information content (AvgIpc) is 2.57. The summed E-state index contributed by atoms with van der Waals surface area (Å²) in [6.07, 6.45) is 5.94. The molecule has 60 valence electrons. The Morgan fingerprint density at radius 1 is 1.33 bits per heavy atom. The number of rotatable bonds is 1. The van der Waals surface area contributed by atoms with Crippen LogP contribution in [-0.4, -0.2) is 15.2 Å². The van der Waals surface area contributed by atoms with Crippen molar-refractivity contribution in [1.82, 2.24) is 15.2 Å². The predicted octanol–water partition coefficient (Wildman–Crippen LogP) is 1.61. The van der Waals surface area contributed by atoms with Crippen molar-refractivity contribution in [3.8, 4) is 11.1 Å². The van der Waals surface area contributed by atoms with Gasteiger partial charge in [0.15, 0.2) is 0 Å². The standard InChI is InChI=1S/C8H6FN3/c9-8-5-10-2-1-7(8)6-3-11-12-4-6/h1-5H,(H,11,12). The second kappa shape index (κ2) is 2.73. The minimum atomic E-state index is -0.334. The predicted molar refractivity (Wildman–Crippen MR) is 41.8 cm³/mol. The lowest BCUT2D eigenvalue weighted by Gasteiger charge is -1.96. The van der Waals surface area contributed by atoms with E-state index in [-0.39, 0.29) is 5.82 Å². The molecular weight excluding hydrogens is 157 g/mol. The van der Waals surface area contributed by atoms with E-state index in [1.165, 1.54) is 6.20 Å². The summed E-state index contributed by atoms with van der Waals surface area (Å²) in [5.41, 5.74) is 1.24. The fourth-order valence-electron chi connectivity index (χ4n) is 1.01. The van der Waals surface area contributed by atoms with Crippen LogP contribution in [0.5, 0.6) is 0 Å². The lowest BCUT2D eigenvalue weighted by atomic mass is 10.1. The number of H-pyrrole nitrogens is 1. The topological polar surface area (TPSA) is 41.6 Å². The van der Waals surface area contributed by atoms with Crippen molar-refractivity contribution in [2.24, 2.45) is 0 Å². The highest BCUT2D eigenvalue weighted by Gasteiger charge is 2.03. The minimum absolute atomic E-state index is 0.334. The summed E-state index contributed by atoms with van der Waals surface area (Å²) in [7, 11) is 0. The van der Waals surface area contributed by atoms with Gasteiger partial charge in [-0.15, -0.1) is 0 Å². The van der Waals surface area contributed by atoms with Crippen LogP contribution in [0.4, 0.5) is 4.39 Å². The van der Waals surface area contributed by atoms with E-state index in [0.717, 1.165) is 5.56 Å². The van der Waals surface area contributed by atoms with E-state index in [2.05, 4.69) is 15.2 Å². The van der Waals surface area contributed by atoms with Crippen LogP contribution in [0, 0.1) is 5.82 Å². The van der Waals surface area contributed by atoms with Gasteiger partial charge in [0, 0.05) is 23.5 Å². The maximum absolute atomic E-state index is 13.0. The van der Waals surface area contributed by atoms with Crippen LogP contribution < -0.4 is 0 Å². The normalized spacial score (nSPS) is 10.1. The average molecular weight is 163 g/mol. The van der Waals surface area contributed by atoms with E-state index in [4.69, 9.17) is 0 Å². The van der Waals surface area contributed by atoms with Crippen LogP contribution in [0.15, 0.2) is 30.9 Å². The van der Waals surface area contributed by atoms with Crippen LogP contribution in [-0.2, 0) is 0 Å². The molecule has 1 N–H and O–H groups in total. The molecule has 3 nitrogen and oxygen atoms in total. The Morgan fingerprint density at radius 3 is 2.92 bits per heavy atom. The fourth-order valence-corrected chi connectivity index (χ4v) is 1.01. The molecule has 0 unspecified atom stereocenters. The van der Waals surface area contributed by atoms with Gasteiger partial charge in [0.1, 0.15) is 5.82 Å². The van der Waals surface area contributed by atoms with E-state index in [9.17, 15) is 4.39 Å². The zero-order valence-corrected chi connectivity index (χ0v) is 6.16. The molecule has 0 saturated carbocycles. The van der Waals surface area contributed by atoms with Crippen LogP contribution in [0.3, 0.4) is 0 Å². The van der Waals surface area contributed by atoms with Crippen molar-refractivity contribution >= 4 is 0 Å². The second-order valence-electron chi connectivity index (χ2n) is 2.34. The fraction of sp³-hybridized carbons (Fsp3) is 0. The molecule has 0 atom stereocenters. The minimum Gasteiger partial charge on any atom is -0.285 e. The number of aromatic amines is 1. The van der Waals surface area contributed by atoms with Crippen molar-refractivity contribution in [3.63, 3.8) is 0 Å². The maximum Gasteiger partial charge on any atom is 0.149 e. The Labute approximate surface area is 68.3 Å². The molecule has 0 amide bonds. The molecule has 12 heavy (non-hydrogen) atoms. The largest absolute Gasteiger partial charge is 0.285 e. The molecule has 0 aromatic carbocycles. The summed E-state index contributed by atoms with van der Waals surface area (Å²) < 4.78 is 13.0. The number of hydrogen-bond acceptors (Lipinski definition) is 2. The first-order valence-corrected chi connectivity index (χ1v) is 3.46. The van der Waals surface area contributed by atoms with Crippen LogP contribution in [0.25, 0.3) is 11.1 Å². The molecule has 0 bridgehead atoms. The summed E-state index contributed by atoms with van der Waals surface area (Å²) in [5.74, 6) is -0.334. The highest BCUT2D eigenvalue weighted by Crippen LogP contribution is 2.19. The third kappa shape index (κ3) is 1.07. The Balaban J connectivity index is 2.55.